The minimum absolute atomic E-state index is 0.163. The van der Waals surface area contributed by atoms with Crippen LogP contribution in [0.2, 0.25) is 5.28 Å². The van der Waals surface area contributed by atoms with Gasteiger partial charge >= 0.3 is 6.09 Å². The van der Waals surface area contributed by atoms with Crippen molar-refractivity contribution < 1.29 is 9.90 Å². The third kappa shape index (κ3) is 3.57. The average Bonchev–Trinajstić information content (AvgIpc) is 2.68. The molecule has 1 amide bonds. The lowest BCUT2D eigenvalue weighted by atomic mass is 10.0. The number of carboxylic acid groups (broad SMARTS) is 1. The molecule has 8 heteroatoms. The van der Waals surface area contributed by atoms with Crippen LogP contribution in [0.15, 0.2) is 53.0 Å². The first kappa shape index (κ1) is 18.0. The predicted molar refractivity (Wildman–Crippen MR) is 108 cm³/mol. The van der Waals surface area contributed by atoms with Gasteiger partial charge in [-0.15, -0.1) is 0 Å². The summed E-state index contributed by atoms with van der Waals surface area (Å²) in [6, 6.07) is 15.5. The maximum absolute atomic E-state index is 11.5. The molecule has 0 saturated carbocycles. The molecule has 6 nitrogen and oxygen atoms in total. The number of carbonyl (C=O) groups is 1. The van der Waals surface area contributed by atoms with Crippen LogP contribution in [-0.2, 0) is 0 Å². The van der Waals surface area contributed by atoms with Gasteiger partial charge in [-0.25, -0.2) is 9.78 Å². The van der Waals surface area contributed by atoms with Gasteiger partial charge in [-0.2, -0.15) is 4.98 Å². The van der Waals surface area contributed by atoms with E-state index in [1.165, 1.54) is 4.90 Å². The van der Waals surface area contributed by atoms with Crippen LogP contribution in [0.4, 0.5) is 10.6 Å². The molecule has 27 heavy (non-hydrogen) atoms. The minimum Gasteiger partial charge on any atom is -0.465 e. The Morgan fingerprint density at radius 1 is 1.15 bits per heavy atom. The van der Waals surface area contributed by atoms with E-state index in [2.05, 4.69) is 30.8 Å². The standard InChI is InChI=1S/C19H16BrClN4O2/c20-13-6-7-15-14(10-13)17(23-18(21)22-15)25-9-8-24(19(26)27)11-16(25)12-4-2-1-3-5-12/h1-7,10,16H,8-9,11H2,(H,26,27). The Labute approximate surface area is 169 Å². The molecule has 1 unspecified atom stereocenters. The SMILES string of the molecule is O=C(O)N1CCN(c2nc(Cl)nc3ccc(Br)cc23)C(c2ccccc2)C1. The topological polar surface area (TPSA) is 69.6 Å². The molecule has 138 valence electrons. The van der Waals surface area contributed by atoms with E-state index < -0.39 is 6.09 Å². The summed E-state index contributed by atoms with van der Waals surface area (Å²) in [6.07, 6.45) is -0.913. The number of anilines is 1. The number of nitrogens with zero attached hydrogens (tertiary/aromatic N) is 4. The zero-order valence-electron chi connectivity index (χ0n) is 14.2. The van der Waals surface area contributed by atoms with Gasteiger partial charge in [0, 0.05) is 29.5 Å². The van der Waals surface area contributed by atoms with Gasteiger partial charge in [-0.3, -0.25) is 0 Å². The minimum atomic E-state index is -0.913. The third-order valence-corrected chi connectivity index (χ3v) is 5.38. The second-order valence-electron chi connectivity index (χ2n) is 6.33. The Balaban J connectivity index is 1.85. The third-order valence-electron chi connectivity index (χ3n) is 4.72. The number of halogens is 2. The summed E-state index contributed by atoms with van der Waals surface area (Å²) < 4.78 is 0.919. The maximum Gasteiger partial charge on any atom is 0.407 e. The summed E-state index contributed by atoms with van der Waals surface area (Å²) in [5, 5.41) is 10.5. The lowest BCUT2D eigenvalue weighted by molar-refractivity contribution is 0.134. The zero-order chi connectivity index (χ0) is 19.0. The fourth-order valence-electron chi connectivity index (χ4n) is 3.45. The van der Waals surface area contributed by atoms with Gasteiger partial charge in [0.15, 0.2) is 0 Å². The van der Waals surface area contributed by atoms with E-state index in [1.807, 2.05) is 48.5 Å². The highest BCUT2D eigenvalue weighted by Crippen LogP contribution is 2.35. The lowest BCUT2D eigenvalue weighted by Gasteiger charge is -2.41. The summed E-state index contributed by atoms with van der Waals surface area (Å²) >= 11 is 9.70. The zero-order valence-corrected chi connectivity index (χ0v) is 16.6. The van der Waals surface area contributed by atoms with E-state index in [9.17, 15) is 9.90 Å². The highest BCUT2D eigenvalue weighted by molar-refractivity contribution is 9.10. The van der Waals surface area contributed by atoms with E-state index in [-0.39, 0.29) is 11.3 Å². The second kappa shape index (κ2) is 7.32. The van der Waals surface area contributed by atoms with Crippen LogP contribution in [0.5, 0.6) is 0 Å². The maximum atomic E-state index is 11.5. The summed E-state index contributed by atoms with van der Waals surface area (Å²) in [7, 11) is 0. The quantitative estimate of drug-likeness (QED) is 0.582. The van der Waals surface area contributed by atoms with Gasteiger partial charge in [0.2, 0.25) is 5.28 Å². The van der Waals surface area contributed by atoms with Crippen molar-refractivity contribution in [2.45, 2.75) is 6.04 Å². The summed E-state index contributed by atoms with van der Waals surface area (Å²) in [5.41, 5.74) is 1.78. The summed E-state index contributed by atoms with van der Waals surface area (Å²) in [4.78, 5) is 23.9. The predicted octanol–water partition coefficient (Wildman–Crippen LogP) is 4.59. The monoisotopic (exact) mass is 446 g/mol. The van der Waals surface area contributed by atoms with Crippen LogP contribution in [0.25, 0.3) is 10.9 Å². The fraction of sp³-hybridized carbons (Fsp3) is 0.211. The molecule has 1 aliphatic rings. The van der Waals surface area contributed by atoms with E-state index in [0.717, 1.165) is 20.9 Å². The molecule has 1 fully saturated rings. The Bertz CT molecular complexity index is 1000. The normalized spacial score (nSPS) is 17.3. The molecule has 0 aliphatic carbocycles. The number of rotatable bonds is 2. The molecule has 0 radical (unpaired) electrons. The molecular weight excluding hydrogens is 432 g/mol. The Morgan fingerprint density at radius 3 is 2.67 bits per heavy atom. The molecule has 3 aromatic rings. The molecule has 1 aromatic heterocycles. The van der Waals surface area contributed by atoms with Gasteiger partial charge in [-0.05, 0) is 35.4 Å². The molecule has 0 spiro atoms. The Morgan fingerprint density at radius 2 is 1.93 bits per heavy atom. The summed E-state index contributed by atoms with van der Waals surface area (Å²) in [6.45, 7) is 1.27. The van der Waals surface area contributed by atoms with Crippen LogP contribution >= 0.6 is 27.5 Å². The highest BCUT2D eigenvalue weighted by atomic mass is 79.9. The van der Waals surface area contributed by atoms with Crippen molar-refractivity contribution in [2.75, 3.05) is 24.5 Å². The second-order valence-corrected chi connectivity index (χ2v) is 7.58. The van der Waals surface area contributed by atoms with E-state index in [0.29, 0.717) is 25.5 Å². The molecule has 1 N–H and O–H groups in total. The molecule has 1 atom stereocenters. The first-order valence-electron chi connectivity index (χ1n) is 8.45. The Hall–Kier alpha value is -2.38. The van der Waals surface area contributed by atoms with Crippen molar-refractivity contribution in [1.29, 1.82) is 0 Å². The van der Waals surface area contributed by atoms with Crippen LogP contribution in [-0.4, -0.2) is 45.7 Å². The van der Waals surface area contributed by atoms with Crippen LogP contribution in [0.1, 0.15) is 11.6 Å². The van der Waals surface area contributed by atoms with E-state index in [1.54, 1.807) is 0 Å². The smallest absolute Gasteiger partial charge is 0.407 e. The average molecular weight is 448 g/mol. The van der Waals surface area contributed by atoms with Crippen LogP contribution in [0, 0.1) is 0 Å². The first-order chi connectivity index (χ1) is 13.0. The number of amides is 1. The molecule has 1 aliphatic heterocycles. The molecule has 1 saturated heterocycles. The van der Waals surface area contributed by atoms with E-state index >= 15 is 0 Å². The molecule has 2 heterocycles. The number of hydrogen-bond acceptors (Lipinski definition) is 4. The van der Waals surface area contributed by atoms with Gasteiger partial charge < -0.3 is 14.9 Å². The van der Waals surface area contributed by atoms with E-state index in [4.69, 9.17) is 11.6 Å². The van der Waals surface area contributed by atoms with Crippen LogP contribution in [0.3, 0.4) is 0 Å². The molecular formula is C19H16BrClN4O2. The van der Waals surface area contributed by atoms with Crippen molar-refractivity contribution in [3.8, 4) is 0 Å². The van der Waals surface area contributed by atoms with Gasteiger partial charge in [0.1, 0.15) is 5.82 Å². The number of benzene rings is 2. The highest BCUT2D eigenvalue weighted by Gasteiger charge is 2.32. The Kier molecular flexibility index (Phi) is 4.88. The van der Waals surface area contributed by atoms with Crippen LogP contribution < -0.4 is 4.90 Å². The van der Waals surface area contributed by atoms with Crippen molar-refractivity contribution in [3.63, 3.8) is 0 Å². The number of fused-ring (bicyclic) bond motifs is 1. The fourth-order valence-corrected chi connectivity index (χ4v) is 3.98. The number of hydrogen-bond donors (Lipinski definition) is 1. The number of piperazine rings is 1. The molecule has 2 aromatic carbocycles. The van der Waals surface area contributed by atoms with Crippen molar-refractivity contribution in [3.05, 3.63) is 63.9 Å². The molecule has 4 rings (SSSR count). The van der Waals surface area contributed by atoms with Crippen molar-refractivity contribution in [1.82, 2.24) is 14.9 Å². The van der Waals surface area contributed by atoms with Gasteiger partial charge in [0.05, 0.1) is 11.6 Å². The number of aromatic nitrogens is 2. The van der Waals surface area contributed by atoms with Gasteiger partial charge in [0.25, 0.3) is 0 Å². The van der Waals surface area contributed by atoms with Gasteiger partial charge in [-0.1, -0.05) is 46.3 Å². The first-order valence-corrected chi connectivity index (χ1v) is 9.62. The lowest BCUT2D eigenvalue weighted by Crippen LogP contribution is -2.50. The van der Waals surface area contributed by atoms with Crippen molar-refractivity contribution >= 4 is 50.3 Å². The largest absolute Gasteiger partial charge is 0.465 e. The van der Waals surface area contributed by atoms with Crippen molar-refractivity contribution in [2.24, 2.45) is 0 Å². The summed E-state index contributed by atoms with van der Waals surface area (Å²) in [5.74, 6) is 0.713. The molecule has 0 bridgehead atoms.